The van der Waals surface area contributed by atoms with Crippen LogP contribution in [0.4, 0.5) is 0 Å². The second-order valence-corrected chi connectivity index (χ2v) is 1.49. The van der Waals surface area contributed by atoms with Gasteiger partial charge >= 0.3 is 41.5 Å². The first kappa shape index (κ1) is 18.2. The molecule has 0 fully saturated rings. The third-order valence-electron chi connectivity index (χ3n) is 0.431. The van der Waals surface area contributed by atoms with Gasteiger partial charge in [-0.2, -0.15) is 0 Å². The molecular weight excluding hydrogens is 195 g/mol. The van der Waals surface area contributed by atoms with E-state index in [-0.39, 0.29) is 29.6 Å². The van der Waals surface area contributed by atoms with Gasteiger partial charge < -0.3 is 25.2 Å². The number of aliphatic hydroxyl groups excluding tert-OH is 1. The third kappa shape index (κ3) is 34.6. The van der Waals surface area contributed by atoms with E-state index in [1.807, 2.05) is 0 Å². The van der Waals surface area contributed by atoms with Crippen LogP contribution in [0.2, 0.25) is 0 Å². The first-order valence-corrected chi connectivity index (χ1v) is 2.64. The van der Waals surface area contributed by atoms with E-state index >= 15 is 0 Å². The van der Waals surface area contributed by atoms with Crippen LogP contribution in [0, 0.1) is 0 Å². The average molecular weight is 202 g/mol. The van der Waals surface area contributed by atoms with Crippen LogP contribution in [-0.2, 0) is 14.4 Å². The second-order valence-electron chi connectivity index (χ2n) is 1.49. The van der Waals surface area contributed by atoms with Gasteiger partial charge in [0.1, 0.15) is 6.61 Å². The topological polar surface area (TPSA) is 135 Å². The van der Waals surface area contributed by atoms with E-state index in [1.165, 1.54) is 0 Å². The number of carbonyl (C=O) groups is 3. The van der Waals surface area contributed by atoms with Crippen molar-refractivity contribution >= 4 is 17.9 Å². The van der Waals surface area contributed by atoms with Crippen LogP contribution in [0.1, 0.15) is 6.42 Å². The molecule has 70 valence electrons. The van der Waals surface area contributed by atoms with E-state index in [1.54, 1.807) is 0 Å². The quantitative estimate of drug-likeness (QED) is 0.306. The molecule has 0 amide bonds. The minimum atomic E-state index is -1.56. The number of hydrogen-bond donors (Lipinski definition) is 3. The smallest absolute Gasteiger partial charge is 0.550 e. The summed E-state index contributed by atoms with van der Waals surface area (Å²) in [5.41, 5.74) is 0. The van der Waals surface area contributed by atoms with Crippen LogP contribution >= 0.6 is 0 Å². The summed E-state index contributed by atoms with van der Waals surface area (Å²) in [5.74, 6) is -4.13. The van der Waals surface area contributed by atoms with Crippen LogP contribution < -0.4 is 34.7 Å². The molecule has 0 saturated carbocycles. The molecule has 0 aliphatic rings. The van der Waals surface area contributed by atoms with Gasteiger partial charge in [0.25, 0.3) is 0 Å². The van der Waals surface area contributed by atoms with Gasteiger partial charge in [-0.25, -0.2) is 4.79 Å². The molecule has 0 atom stereocenters. The fraction of sp³-hybridized carbons (Fsp3) is 0.400. The number of aliphatic carboxylic acids is 3. The zero-order chi connectivity index (χ0) is 10.1. The molecule has 7 nitrogen and oxygen atoms in total. The van der Waals surface area contributed by atoms with E-state index < -0.39 is 30.9 Å². The number of rotatable bonds is 3. The van der Waals surface area contributed by atoms with Crippen molar-refractivity contribution in [1.29, 1.82) is 0 Å². The second kappa shape index (κ2) is 11.4. The maximum atomic E-state index is 9.39. The summed E-state index contributed by atoms with van der Waals surface area (Å²) in [5, 5.41) is 32.0. The van der Waals surface area contributed by atoms with Crippen molar-refractivity contribution in [3.8, 4) is 0 Å². The Bertz CT molecular complexity index is 166. The maximum absolute atomic E-state index is 9.39. The molecule has 0 aromatic rings. The summed E-state index contributed by atoms with van der Waals surface area (Å²) in [4.78, 5) is 27.8. The minimum Gasteiger partial charge on any atom is -0.550 e. The first-order valence-electron chi connectivity index (χ1n) is 2.64. The van der Waals surface area contributed by atoms with Crippen LogP contribution in [0.3, 0.4) is 0 Å². The molecule has 0 aliphatic heterocycles. The van der Waals surface area contributed by atoms with Crippen LogP contribution in [0.25, 0.3) is 0 Å². The molecule has 0 bridgehead atoms. The molecule has 8 heteroatoms. The van der Waals surface area contributed by atoms with Gasteiger partial charge in [-0.1, -0.05) is 0 Å². The summed E-state index contributed by atoms with van der Waals surface area (Å²) < 4.78 is 0. The molecule has 0 aromatic carbocycles. The largest absolute Gasteiger partial charge is 1.00 e. The molecule has 3 N–H and O–H groups in total. The molecule has 0 spiro atoms. The van der Waals surface area contributed by atoms with Crippen molar-refractivity contribution in [2.24, 2.45) is 0 Å². The van der Waals surface area contributed by atoms with Crippen molar-refractivity contribution in [1.82, 2.24) is 0 Å². The molecule has 0 unspecified atom stereocenters. The zero-order valence-electron chi connectivity index (χ0n) is 6.89. The van der Waals surface area contributed by atoms with Crippen LogP contribution in [0.5, 0.6) is 0 Å². The van der Waals surface area contributed by atoms with E-state index in [2.05, 4.69) is 0 Å². The Balaban J connectivity index is -0.000000150. The van der Waals surface area contributed by atoms with E-state index in [0.29, 0.717) is 0 Å². The van der Waals surface area contributed by atoms with Gasteiger partial charge in [-0.15, -0.1) is 0 Å². The minimum absolute atomic E-state index is 0. The van der Waals surface area contributed by atoms with Gasteiger partial charge in [-0.3, -0.25) is 4.79 Å². The Hall–Kier alpha value is -0.630. The normalized spacial score (nSPS) is 7.15. The van der Waals surface area contributed by atoms with Crippen molar-refractivity contribution in [3.63, 3.8) is 0 Å². The number of carboxylic acids is 3. The molecule has 0 heterocycles. The molecule has 13 heavy (non-hydrogen) atoms. The van der Waals surface area contributed by atoms with Gasteiger partial charge in [0.2, 0.25) is 0 Å². The zero-order valence-corrected chi connectivity index (χ0v) is 8.89. The standard InChI is InChI=1S/C3H4O4.C2H4O3.Na/c4-2(5)1-3(6)7;3-1-2(4)5;/h1H2,(H,4,5)(H,6,7);3H,1H2,(H,4,5);/q;;+1/p-1. The van der Waals surface area contributed by atoms with Crippen molar-refractivity contribution in [2.75, 3.05) is 6.61 Å². The number of carboxylic acid groups (broad SMARTS) is 3. The Morgan fingerprint density at radius 3 is 1.38 bits per heavy atom. The van der Waals surface area contributed by atoms with Gasteiger partial charge in [-0.05, 0) is 0 Å². The first-order chi connectivity index (χ1) is 5.40. The fourth-order valence-electron chi connectivity index (χ4n) is 0.123. The summed E-state index contributed by atoms with van der Waals surface area (Å²) >= 11 is 0. The Morgan fingerprint density at radius 1 is 1.08 bits per heavy atom. The fourth-order valence-corrected chi connectivity index (χ4v) is 0.123. The molecule has 0 aliphatic carbocycles. The number of aliphatic hydroxyl groups is 1. The number of carbonyl (C=O) groups excluding carboxylic acids is 1. The molecule has 0 saturated heterocycles. The average Bonchev–Trinajstić information content (AvgIpc) is 1.85. The third-order valence-corrected chi connectivity index (χ3v) is 0.431. The number of hydrogen-bond acceptors (Lipinski definition) is 5. The molecule has 0 rings (SSSR count). The summed E-state index contributed by atoms with van der Waals surface area (Å²) in [7, 11) is 0. The Kier molecular flexibility index (Phi) is 15.9. The molecule has 0 radical (unpaired) electrons. The predicted octanol–water partition coefficient (Wildman–Crippen LogP) is -5.72. The van der Waals surface area contributed by atoms with Gasteiger partial charge in [0.15, 0.2) is 0 Å². The van der Waals surface area contributed by atoms with Crippen molar-refractivity contribution < 1.29 is 64.4 Å². The Morgan fingerprint density at radius 2 is 1.38 bits per heavy atom. The van der Waals surface area contributed by atoms with E-state index in [0.717, 1.165) is 0 Å². The predicted molar refractivity (Wildman–Crippen MR) is 32.0 cm³/mol. The van der Waals surface area contributed by atoms with E-state index in [9.17, 15) is 14.7 Å². The van der Waals surface area contributed by atoms with Gasteiger partial charge in [0, 0.05) is 0 Å². The summed E-state index contributed by atoms with van der Waals surface area (Å²) in [6.45, 7) is -0.778. The summed E-state index contributed by atoms with van der Waals surface area (Å²) in [6.07, 6.45) is -0.917. The Labute approximate surface area is 95.3 Å². The van der Waals surface area contributed by atoms with Gasteiger partial charge in [0.05, 0.1) is 12.4 Å². The maximum Gasteiger partial charge on any atom is 1.00 e. The van der Waals surface area contributed by atoms with Crippen molar-refractivity contribution in [3.05, 3.63) is 0 Å². The van der Waals surface area contributed by atoms with E-state index in [4.69, 9.17) is 20.1 Å². The van der Waals surface area contributed by atoms with Crippen LogP contribution in [-0.4, -0.2) is 39.8 Å². The molecule has 0 aromatic heterocycles. The SMILES string of the molecule is O=C(O)CO.O=C([O-])CC(=O)O.[Na+]. The van der Waals surface area contributed by atoms with Crippen molar-refractivity contribution in [2.45, 2.75) is 6.42 Å². The van der Waals surface area contributed by atoms with Crippen LogP contribution in [0.15, 0.2) is 0 Å². The monoisotopic (exact) mass is 202 g/mol. The molecular formula is C5H7NaO7. The summed E-state index contributed by atoms with van der Waals surface area (Å²) in [6, 6.07) is 0.